The van der Waals surface area contributed by atoms with Gasteiger partial charge >= 0.3 is 0 Å². The zero-order chi connectivity index (χ0) is 17.2. The molecule has 0 spiro atoms. The summed E-state index contributed by atoms with van der Waals surface area (Å²) in [5.74, 6) is 0.115. The highest BCUT2D eigenvalue weighted by molar-refractivity contribution is 5.98. The van der Waals surface area contributed by atoms with E-state index in [0.717, 1.165) is 63.4 Å². The van der Waals surface area contributed by atoms with E-state index in [0.29, 0.717) is 12.2 Å². The summed E-state index contributed by atoms with van der Waals surface area (Å²) in [7, 11) is 0. The molecule has 0 amide bonds. The van der Waals surface area contributed by atoms with Crippen molar-refractivity contribution in [1.82, 2.24) is 9.47 Å². The Labute approximate surface area is 147 Å². The van der Waals surface area contributed by atoms with Crippen LogP contribution in [0.5, 0.6) is 0 Å². The van der Waals surface area contributed by atoms with Gasteiger partial charge in [-0.3, -0.25) is 9.69 Å². The van der Waals surface area contributed by atoms with Crippen LogP contribution in [0.4, 0.5) is 10.1 Å². The molecule has 25 heavy (non-hydrogen) atoms. The lowest BCUT2D eigenvalue weighted by Gasteiger charge is -2.36. The van der Waals surface area contributed by atoms with Crippen molar-refractivity contribution in [3.8, 4) is 0 Å². The summed E-state index contributed by atoms with van der Waals surface area (Å²) in [6.45, 7) is 5.91. The van der Waals surface area contributed by atoms with Crippen molar-refractivity contribution < 1.29 is 9.18 Å². The molecule has 1 fully saturated rings. The Morgan fingerprint density at radius 3 is 2.44 bits per heavy atom. The molecule has 2 aromatic rings. The van der Waals surface area contributed by atoms with Crippen molar-refractivity contribution in [1.29, 1.82) is 0 Å². The molecule has 4 nitrogen and oxygen atoms in total. The largest absolute Gasteiger partial charge is 0.369 e. The zero-order valence-electron chi connectivity index (χ0n) is 14.5. The highest BCUT2D eigenvalue weighted by atomic mass is 19.1. The molecule has 0 atom stereocenters. The van der Waals surface area contributed by atoms with Crippen molar-refractivity contribution in [2.45, 2.75) is 25.8 Å². The quantitative estimate of drug-likeness (QED) is 0.856. The van der Waals surface area contributed by atoms with Gasteiger partial charge in [-0.25, -0.2) is 4.39 Å². The van der Waals surface area contributed by atoms with Gasteiger partial charge < -0.3 is 9.47 Å². The van der Waals surface area contributed by atoms with Gasteiger partial charge in [-0.15, -0.1) is 0 Å². The van der Waals surface area contributed by atoms with Crippen molar-refractivity contribution in [3.05, 3.63) is 53.6 Å². The predicted octanol–water partition coefficient (Wildman–Crippen LogP) is 2.97. The number of aromatic nitrogens is 1. The first-order chi connectivity index (χ1) is 12.2. The molecule has 0 bridgehead atoms. The second-order valence-corrected chi connectivity index (χ2v) is 6.95. The van der Waals surface area contributed by atoms with E-state index in [1.54, 1.807) is 0 Å². The lowest BCUT2D eigenvalue weighted by molar-refractivity contribution is 0.0971. The van der Waals surface area contributed by atoms with Gasteiger partial charge in [-0.05, 0) is 43.2 Å². The predicted molar refractivity (Wildman–Crippen MR) is 96.8 cm³/mol. The summed E-state index contributed by atoms with van der Waals surface area (Å²) in [6.07, 6.45) is 4.77. The molecule has 2 aliphatic rings. The number of Topliss-reactive ketones (excluding diaryl/α,β-unsaturated/α-hetero) is 1. The third-order valence-corrected chi connectivity index (χ3v) is 5.42. The van der Waals surface area contributed by atoms with Gasteiger partial charge in [0.2, 0.25) is 0 Å². The summed E-state index contributed by atoms with van der Waals surface area (Å²) in [4.78, 5) is 16.7. The number of hydrogen-bond donors (Lipinski definition) is 0. The van der Waals surface area contributed by atoms with Gasteiger partial charge in [0.25, 0.3) is 0 Å². The molecule has 1 aliphatic heterocycles. The number of fused-ring (bicyclic) bond motifs is 1. The highest BCUT2D eigenvalue weighted by Crippen LogP contribution is 2.22. The van der Waals surface area contributed by atoms with E-state index in [1.165, 1.54) is 17.8 Å². The number of benzene rings is 1. The van der Waals surface area contributed by atoms with Crippen LogP contribution in [-0.4, -0.2) is 48.0 Å². The standard InChI is InChI=1S/C20H24FN3O/c21-16-4-6-17(7-5-16)23-13-10-22(11-14-23)12-15-24-9-8-18-19(24)2-1-3-20(18)25/h4-9H,1-3,10-15H2. The smallest absolute Gasteiger partial charge is 0.164 e. The van der Waals surface area contributed by atoms with E-state index < -0.39 is 0 Å². The van der Waals surface area contributed by atoms with Gasteiger partial charge in [-0.2, -0.15) is 0 Å². The number of hydrogen-bond acceptors (Lipinski definition) is 3. The van der Waals surface area contributed by atoms with Gasteiger partial charge in [0, 0.05) is 68.8 Å². The third-order valence-electron chi connectivity index (χ3n) is 5.42. The summed E-state index contributed by atoms with van der Waals surface area (Å²) in [5.41, 5.74) is 3.26. The second-order valence-electron chi connectivity index (χ2n) is 6.95. The van der Waals surface area contributed by atoms with Crippen LogP contribution in [0.2, 0.25) is 0 Å². The van der Waals surface area contributed by atoms with Crippen molar-refractivity contribution in [3.63, 3.8) is 0 Å². The van der Waals surface area contributed by atoms with Crippen LogP contribution in [0.3, 0.4) is 0 Å². The Bertz CT molecular complexity index is 745. The summed E-state index contributed by atoms with van der Waals surface area (Å²) in [6, 6.07) is 8.75. The Balaban J connectivity index is 1.31. The average Bonchev–Trinajstić information content (AvgIpc) is 3.06. The monoisotopic (exact) mass is 341 g/mol. The minimum atomic E-state index is -0.184. The first-order valence-electron chi connectivity index (χ1n) is 9.15. The van der Waals surface area contributed by atoms with Crippen LogP contribution < -0.4 is 4.90 Å². The normalized spacial score (nSPS) is 18.4. The Morgan fingerprint density at radius 1 is 0.920 bits per heavy atom. The van der Waals surface area contributed by atoms with E-state index in [1.807, 2.05) is 18.2 Å². The summed E-state index contributed by atoms with van der Waals surface area (Å²) < 4.78 is 15.3. The third kappa shape index (κ3) is 3.47. The SMILES string of the molecule is O=C1CCCc2c1ccn2CCN1CCN(c2ccc(F)cc2)CC1. The summed E-state index contributed by atoms with van der Waals surface area (Å²) in [5, 5.41) is 0. The van der Waals surface area contributed by atoms with Gasteiger partial charge in [0.15, 0.2) is 5.78 Å². The van der Waals surface area contributed by atoms with Crippen LogP contribution in [0.25, 0.3) is 0 Å². The number of carbonyl (C=O) groups is 1. The number of halogens is 1. The Hall–Kier alpha value is -2.14. The number of ketones is 1. The van der Waals surface area contributed by atoms with Crippen LogP contribution >= 0.6 is 0 Å². The van der Waals surface area contributed by atoms with E-state index in [9.17, 15) is 9.18 Å². The van der Waals surface area contributed by atoms with Crippen LogP contribution in [0.1, 0.15) is 28.9 Å². The molecule has 1 aliphatic carbocycles. The first-order valence-corrected chi connectivity index (χ1v) is 9.15. The second kappa shape index (κ2) is 7.00. The molecular formula is C20H24FN3O. The van der Waals surface area contributed by atoms with E-state index in [2.05, 4.69) is 20.6 Å². The molecule has 132 valence electrons. The molecular weight excluding hydrogens is 317 g/mol. The van der Waals surface area contributed by atoms with Crippen molar-refractivity contribution in [2.75, 3.05) is 37.6 Å². The van der Waals surface area contributed by atoms with Crippen molar-refractivity contribution in [2.24, 2.45) is 0 Å². The molecule has 0 radical (unpaired) electrons. The number of carbonyl (C=O) groups excluding carboxylic acids is 1. The maximum absolute atomic E-state index is 13.0. The fourth-order valence-corrected chi connectivity index (χ4v) is 3.93. The number of nitrogens with zero attached hydrogens (tertiary/aromatic N) is 3. The molecule has 1 aromatic heterocycles. The molecule has 1 aromatic carbocycles. The lowest BCUT2D eigenvalue weighted by Crippen LogP contribution is -2.47. The molecule has 1 saturated heterocycles. The van der Waals surface area contributed by atoms with Crippen LogP contribution in [0.15, 0.2) is 36.5 Å². The minimum Gasteiger partial charge on any atom is -0.369 e. The molecule has 5 heteroatoms. The number of anilines is 1. The van der Waals surface area contributed by atoms with E-state index in [-0.39, 0.29) is 5.82 Å². The van der Waals surface area contributed by atoms with E-state index >= 15 is 0 Å². The molecule has 4 rings (SSSR count). The Morgan fingerprint density at radius 2 is 1.68 bits per heavy atom. The van der Waals surface area contributed by atoms with E-state index in [4.69, 9.17) is 0 Å². The van der Waals surface area contributed by atoms with Crippen molar-refractivity contribution >= 4 is 11.5 Å². The number of rotatable bonds is 4. The number of piperazine rings is 1. The lowest BCUT2D eigenvalue weighted by atomic mass is 9.97. The maximum atomic E-state index is 13.0. The summed E-state index contributed by atoms with van der Waals surface area (Å²) >= 11 is 0. The maximum Gasteiger partial charge on any atom is 0.164 e. The Kier molecular flexibility index (Phi) is 4.57. The average molecular weight is 341 g/mol. The topological polar surface area (TPSA) is 28.5 Å². The van der Waals surface area contributed by atoms with Gasteiger partial charge in [0.05, 0.1) is 0 Å². The first kappa shape index (κ1) is 16.3. The minimum absolute atomic E-state index is 0.184. The van der Waals surface area contributed by atoms with Gasteiger partial charge in [0.1, 0.15) is 5.82 Å². The fourth-order valence-electron chi connectivity index (χ4n) is 3.93. The zero-order valence-corrected chi connectivity index (χ0v) is 14.5. The molecule has 2 heterocycles. The van der Waals surface area contributed by atoms with Gasteiger partial charge in [-0.1, -0.05) is 0 Å². The molecule has 0 saturated carbocycles. The van der Waals surface area contributed by atoms with Crippen LogP contribution in [-0.2, 0) is 13.0 Å². The highest BCUT2D eigenvalue weighted by Gasteiger charge is 2.21. The molecule has 0 unspecified atom stereocenters. The van der Waals surface area contributed by atoms with Crippen LogP contribution in [0, 0.1) is 5.82 Å². The molecule has 0 N–H and O–H groups in total. The fraction of sp³-hybridized carbons (Fsp3) is 0.450.